The van der Waals surface area contributed by atoms with Gasteiger partial charge in [-0.2, -0.15) is 0 Å². The summed E-state index contributed by atoms with van der Waals surface area (Å²) in [5.41, 5.74) is 0.647. The smallest absolute Gasteiger partial charge is 0.338 e. The first-order valence-corrected chi connectivity index (χ1v) is 6.82. The van der Waals surface area contributed by atoms with Crippen molar-refractivity contribution in [1.82, 2.24) is 4.90 Å². The molecule has 2 saturated heterocycles. The molecule has 2 heterocycles. The van der Waals surface area contributed by atoms with Gasteiger partial charge >= 0.3 is 5.97 Å². The van der Waals surface area contributed by atoms with Crippen molar-refractivity contribution in [1.29, 1.82) is 0 Å². The van der Waals surface area contributed by atoms with Gasteiger partial charge in [-0.25, -0.2) is 4.79 Å². The van der Waals surface area contributed by atoms with E-state index < -0.39 is 0 Å². The standard InChI is InChI=1S/C15H19NO2.ClH/c17-15(12-5-2-1-3-6-12)18-11-14-9-8-13-7-4-10-16(13)14;/h1-3,5-6,13-14H,4,7-11H2;1H/t13-,14-;/m1./s1. The minimum Gasteiger partial charge on any atom is -0.460 e. The van der Waals surface area contributed by atoms with Gasteiger partial charge in [-0.05, 0) is 44.4 Å². The third-order valence-electron chi connectivity index (χ3n) is 4.14. The van der Waals surface area contributed by atoms with Gasteiger partial charge in [0.15, 0.2) is 0 Å². The molecule has 0 radical (unpaired) electrons. The Hall–Kier alpha value is -1.06. The van der Waals surface area contributed by atoms with E-state index in [1.165, 1.54) is 32.2 Å². The van der Waals surface area contributed by atoms with Crippen LogP contribution >= 0.6 is 12.4 Å². The number of nitrogens with zero attached hydrogens (tertiary/aromatic N) is 1. The first kappa shape index (κ1) is 14.4. The molecule has 3 rings (SSSR count). The molecule has 3 nitrogen and oxygen atoms in total. The van der Waals surface area contributed by atoms with E-state index in [1.54, 1.807) is 12.1 Å². The maximum absolute atomic E-state index is 11.9. The normalized spacial score (nSPS) is 25.7. The van der Waals surface area contributed by atoms with E-state index in [-0.39, 0.29) is 18.4 Å². The quantitative estimate of drug-likeness (QED) is 0.798. The minimum atomic E-state index is -0.196. The molecule has 2 fully saturated rings. The van der Waals surface area contributed by atoms with Crippen LogP contribution in [0.4, 0.5) is 0 Å². The average Bonchev–Trinajstić information content (AvgIpc) is 3.00. The second-order valence-electron chi connectivity index (χ2n) is 5.23. The molecule has 104 valence electrons. The predicted molar refractivity (Wildman–Crippen MR) is 76.7 cm³/mol. The van der Waals surface area contributed by atoms with Gasteiger partial charge in [0.1, 0.15) is 6.61 Å². The van der Waals surface area contributed by atoms with Crippen molar-refractivity contribution in [2.45, 2.75) is 37.8 Å². The van der Waals surface area contributed by atoms with Crippen molar-refractivity contribution >= 4 is 18.4 Å². The van der Waals surface area contributed by atoms with E-state index in [2.05, 4.69) is 4.90 Å². The summed E-state index contributed by atoms with van der Waals surface area (Å²) in [6.07, 6.45) is 5.07. The third kappa shape index (κ3) is 3.10. The SMILES string of the molecule is Cl.O=C(OC[C@H]1CC[C@H]2CCCN21)c1ccccc1. The highest BCUT2D eigenvalue weighted by Gasteiger charge is 2.36. The monoisotopic (exact) mass is 281 g/mol. The van der Waals surface area contributed by atoms with Crippen LogP contribution in [0.25, 0.3) is 0 Å². The molecule has 19 heavy (non-hydrogen) atoms. The van der Waals surface area contributed by atoms with Gasteiger partial charge in [0.05, 0.1) is 5.56 Å². The van der Waals surface area contributed by atoms with Crippen molar-refractivity contribution < 1.29 is 9.53 Å². The van der Waals surface area contributed by atoms with Crippen LogP contribution < -0.4 is 0 Å². The fourth-order valence-corrected chi connectivity index (χ4v) is 3.21. The summed E-state index contributed by atoms with van der Waals surface area (Å²) in [6.45, 7) is 1.72. The lowest BCUT2D eigenvalue weighted by molar-refractivity contribution is 0.0394. The molecule has 0 amide bonds. The van der Waals surface area contributed by atoms with Gasteiger partial charge in [-0.3, -0.25) is 4.90 Å². The number of esters is 1. The largest absolute Gasteiger partial charge is 0.460 e. The molecule has 2 aliphatic rings. The minimum absolute atomic E-state index is 0. The van der Waals surface area contributed by atoms with E-state index in [0.29, 0.717) is 18.2 Å². The van der Waals surface area contributed by atoms with Crippen LogP contribution in [0, 0.1) is 0 Å². The number of hydrogen-bond acceptors (Lipinski definition) is 3. The van der Waals surface area contributed by atoms with E-state index in [0.717, 1.165) is 6.04 Å². The van der Waals surface area contributed by atoms with Crippen LogP contribution in [0.5, 0.6) is 0 Å². The number of carbonyl (C=O) groups excluding carboxylic acids is 1. The fourth-order valence-electron chi connectivity index (χ4n) is 3.21. The van der Waals surface area contributed by atoms with Gasteiger partial charge in [0.2, 0.25) is 0 Å². The predicted octanol–water partition coefficient (Wildman–Crippen LogP) is 2.89. The summed E-state index contributed by atoms with van der Waals surface area (Å²) in [4.78, 5) is 14.4. The summed E-state index contributed by atoms with van der Waals surface area (Å²) in [6, 6.07) is 10.4. The van der Waals surface area contributed by atoms with Crippen LogP contribution in [0.2, 0.25) is 0 Å². The number of hydrogen-bond donors (Lipinski definition) is 0. The zero-order valence-electron chi connectivity index (χ0n) is 11.0. The third-order valence-corrected chi connectivity index (χ3v) is 4.14. The van der Waals surface area contributed by atoms with Crippen molar-refractivity contribution in [3.63, 3.8) is 0 Å². The van der Waals surface area contributed by atoms with E-state index >= 15 is 0 Å². The van der Waals surface area contributed by atoms with Crippen molar-refractivity contribution in [3.05, 3.63) is 35.9 Å². The lowest BCUT2D eigenvalue weighted by Gasteiger charge is -2.23. The molecular formula is C15H20ClNO2. The lowest BCUT2D eigenvalue weighted by Crippen LogP contribution is -2.35. The van der Waals surface area contributed by atoms with Gasteiger partial charge in [-0.15, -0.1) is 12.4 Å². The highest BCUT2D eigenvalue weighted by atomic mass is 35.5. The second-order valence-corrected chi connectivity index (χ2v) is 5.23. The molecule has 0 N–H and O–H groups in total. The van der Waals surface area contributed by atoms with E-state index in [1.807, 2.05) is 18.2 Å². The Morgan fingerprint density at radius 2 is 2.00 bits per heavy atom. The van der Waals surface area contributed by atoms with Crippen LogP contribution in [-0.2, 0) is 4.74 Å². The van der Waals surface area contributed by atoms with Gasteiger partial charge in [0, 0.05) is 12.1 Å². The molecule has 0 unspecified atom stereocenters. The lowest BCUT2D eigenvalue weighted by atomic mass is 10.1. The zero-order chi connectivity index (χ0) is 12.4. The Morgan fingerprint density at radius 1 is 1.21 bits per heavy atom. The molecule has 0 aliphatic carbocycles. The second kappa shape index (κ2) is 6.40. The number of benzene rings is 1. The first-order valence-electron chi connectivity index (χ1n) is 6.82. The van der Waals surface area contributed by atoms with Crippen LogP contribution in [-0.4, -0.2) is 36.1 Å². The molecule has 1 aromatic carbocycles. The van der Waals surface area contributed by atoms with Crippen molar-refractivity contribution in [2.75, 3.05) is 13.2 Å². The van der Waals surface area contributed by atoms with Crippen LogP contribution in [0.3, 0.4) is 0 Å². The summed E-state index contributed by atoms with van der Waals surface area (Å²) in [5, 5.41) is 0. The number of ether oxygens (including phenoxy) is 1. The highest BCUT2D eigenvalue weighted by molar-refractivity contribution is 5.89. The molecule has 0 bridgehead atoms. The summed E-state index contributed by atoms with van der Waals surface area (Å²) < 4.78 is 5.44. The number of halogens is 1. The highest BCUT2D eigenvalue weighted by Crippen LogP contribution is 2.32. The Bertz CT molecular complexity index is 423. The number of carbonyl (C=O) groups is 1. The zero-order valence-corrected chi connectivity index (χ0v) is 11.8. The molecule has 2 atom stereocenters. The van der Waals surface area contributed by atoms with Gasteiger partial charge in [-0.1, -0.05) is 18.2 Å². The van der Waals surface area contributed by atoms with Crippen molar-refractivity contribution in [3.8, 4) is 0 Å². The molecule has 0 saturated carbocycles. The number of fused-ring (bicyclic) bond motifs is 1. The molecular weight excluding hydrogens is 262 g/mol. The Labute approximate surface area is 120 Å². The maximum Gasteiger partial charge on any atom is 0.338 e. The van der Waals surface area contributed by atoms with Crippen LogP contribution in [0.1, 0.15) is 36.0 Å². The van der Waals surface area contributed by atoms with E-state index in [9.17, 15) is 4.79 Å². The first-order chi connectivity index (χ1) is 8.84. The molecule has 4 heteroatoms. The van der Waals surface area contributed by atoms with E-state index in [4.69, 9.17) is 4.74 Å². The summed E-state index contributed by atoms with van der Waals surface area (Å²) in [7, 11) is 0. The maximum atomic E-state index is 11.9. The Balaban J connectivity index is 0.00000133. The molecule has 2 aliphatic heterocycles. The fraction of sp³-hybridized carbons (Fsp3) is 0.533. The topological polar surface area (TPSA) is 29.5 Å². The molecule has 0 spiro atoms. The Morgan fingerprint density at radius 3 is 2.79 bits per heavy atom. The summed E-state index contributed by atoms with van der Waals surface area (Å²) >= 11 is 0. The summed E-state index contributed by atoms with van der Waals surface area (Å²) in [5.74, 6) is -0.196. The molecule has 1 aromatic rings. The van der Waals surface area contributed by atoms with Gasteiger partial charge < -0.3 is 4.74 Å². The van der Waals surface area contributed by atoms with Gasteiger partial charge in [0.25, 0.3) is 0 Å². The number of rotatable bonds is 3. The van der Waals surface area contributed by atoms with Crippen molar-refractivity contribution in [2.24, 2.45) is 0 Å². The average molecular weight is 282 g/mol. The molecule has 0 aromatic heterocycles. The van der Waals surface area contributed by atoms with Crippen LogP contribution in [0.15, 0.2) is 30.3 Å². The Kier molecular flexibility index (Phi) is 4.83.